The summed E-state index contributed by atoms with van der Waals surface area (Å²) in [6, 6.07) is 5.97. The van der Waals surface area contributed by atoms with E-state index < -0.39 is 36.4 Å². The van der Waals surface area contributed by atoms with Gasteiger partial charge in [-0.1, -0.05) is 0 Å². The van der Waals surface area contributed by atoms with Crippen molar-refractivity contribution in [1.82, 2.24) is 0 Å². The van der Waals surface area contributed by atoms with Crippen LogP contribution in [-0.2, 0) is 18.9 Å². The van der Waals surface area contributed by atoms with Gasteiger partial charge in [-0.05, 0) is 24.3 Å². The molecule has 2 aliphatic heterocycles. The Morgan fingerprint density at radius 3 is 2.27 bits per heavy atom. The average Bonchev–Trinajstić information content (AvgIpc) is 3.11. The molecule has 0 radical (unpaired) electrons. The summed E-state index contributed by atoms with van der Waals surface area (Å²) in [5, 5.41) is 9.64. The van der Waals surface area contributed by atoms with E-state index in [-0.39, 0.29) is 13.2 Å². The zero-order chi connectivity index (χ0) is 15.7. The van der Waals surface area contributed by atoms with Gasteiger partial charge in [-0.2, -0.15) is 0 Å². The number of aliphatic hydroxyl groups excluding tert-OH is 1. The maximum atomic E-state index is 12.1. The summed E-state index contributed by atoms with van der Waals surface area (Å²) < 4.78 is 20.7. The van der Waals surface area contributed by atoms with Crippen LogP contribution >= 0.6 is 0 Å². The maximum absolute atomic E-state index is 12.1. The summed E-state index contributed by atoms with van der Waals surface area (Å²) >= 11 is 0. The van der Waals surface area contributed by atoms with Gasteiger partial charge < -0.3 is 24.1 Å². The van der Waals surface area contributed by atoms with Gasteiger partial charge in [0.1, 0.15) is 18.3 Å². The zero-order valence-corrected chi connectivity index (χ0v) is 11.9. The molecule has 0 bridgehead atoms. The lowest BCUT2D eigenvalue weighted by Crippen LogP contribution is -2.34. The van der Waals surface area contributed by atoms with E-state index in [0.717, 1.165) is 0 Å². The van der Waals surface area contributed by atoms with Crippen molar-refractivity contribution in [3.05, 3.63) is 35.4 Å². The lowest BCUT2D eigenvalue weighted by Gasteiger charge is -2.16. The van der Waals surface area contributed by atoms with Crippen LogP contribution in [0.25, 0.3) is 0 Å². The van der Waals surface area contributed by atoms with E-state index in [9.17, 15) is 14.7 Å². The molecule has 7 heteroatoms. The molecule has 2 saturated heterocycles. The van der Waals surface area contributed by atoms with Gasteiger partial charge in [0.05, 0.1) is 31.5 Å². The molecular weight excluding hydrogens is 292 g/mol. The van der Waals surface area contributed by atoms with E-state index >= 15 is 0 Å². The molecule has 1 aromatic rings. The first kappa shape index (κ1) is 15.0. The number of esters is 2. The third-order valence-corrected chi connectivity index (χ3v) is 3.78. The van der Waals surface area contributed by atoms with Gasteiger partial charge in [0, 0.05) is 0 Å². The molecule has 2 heterocycles. The molecule has 7 nitrogen and oxygen atoms in total. The Morgan fingerprint density at radius 2 is 1.64 bits per heavy atom. The molecule has 0 aromatic heterocycles. The molecule has 2 unspecified atom stereocenters. The third kappa shape index (κ3) is 2.70. The Bertz CT molecular complexity index is 568. The smallest absolute Gasteiger partial charge is 0.338 e. The van der Waals surface area contributed by atoms with Crippen LogP contribution in [0.4, 0.5) is 0 Å². The van der Waals surface area contributed by atoms with E-state index in [4.69, 9.17) is 14.2 Å². The van der Waals surface area contributed by atoms with Crippen LogP contribution in [0.5, 0.6) is 0 Å². The first-order valence-corrected chi connectivity index (χ1v) is 6.91. The first-order valence-electron chi connectivity index (χ1n) is 6.91. The molecule has 0 amide bonds. The second-order valence-corrected chi connectivity index (χ2v) is 5.18. The maximum Gasteiger partial charge on any atom is 0.338 e. The van der Waals surface area contributed by atoms with E-state index in [1.807, 2.05) is 0 Å². The highest BCUT2D eigenvalue weighted by Crippen LogP contribution is 2.29. The fourth-order valence-corrected chi connectivity index (χ4v) is 2.61. The third-order valence-electron chi connectivity index (χ3n) is 3.78. The Labute approximate surface area is 126 Å². The SMILES string of the molecule is COC(=O)c1ccc(C(=O)O[C@H]2COC3C2OC[C@H]3O)cc1. The van der Waals surface area contributed by atoms with E-state index in [0.29, 0.717) is 11.1 Å². The molecule has 0 aliphatic carbocycles. The highest BCUT2D eigenvalue weighted by atomic mass is 16.6. The molecule has 0 spiro atoms. The summed E-state index contributed by atoms with van der Waals surface area (Å²) in [5.41, 5.74) is 0.667. The van der Waals surface area contributed by atoms with Gasteiger partial charge in [0.2, 0.25) is 0 Å². The van der Waals surface area contributed by atoms with Crippen LogP contribution in [0.15, 0.2) is 24.3 Å². The van der Waals surface area contributed by atoms with Gasteiger partial charge in [-0.3, -0.25) is 0 Å². The standard InChI is InChI=1S/C15H16O7/c1-19-14(17)8-2-4-9(5-3-8)15(18)22-11-7-21-12-10(16)6-20-13(11)12/h2-5,10-13,16H,6-7H2,1H3/t10-,11+,12?,13?/m1/s1. The van der Waals surface area contributed by atoms with Crippen LogP contribution in [0.2, 0.25) is 0 Å². The van der Waals surface area contributed by atoms with Gasteiger partial charge in [0.15, 0.2) is 6.10 Å². The van der Waals surface area contributed by atoms with Crippen LogP contribution in [-0.4, -0.2) is 61.8 Å². The van der Waals surface area contributed by atoms with Crippen molar-refractivity contribution in [2.75, 3.05) is 20.3 Å². The van der Waals surface area contributed by atoms with E-state index in [1.54, 1.807) is 0 Å². The van der Waals surface area contributed by atoms with Crippen molar-refractivity contribution in [3.63, 3.8) is 0 Å². The average molecular weight is 308 g/mol. The minimum absolute atomic E-state index is 0.178. The molecule has 2 aliphatic rings. The second kappa shape index (κ2) is 6.04. The number of carbonyl (C=O) groups excluding carboxylic acids is 2. The minimum Gasteiger partial charge on any atom is -0.465 e. The van der Waals surface area contributed by atoms with Gasteiger partial charge in [-0.25, -0.2) is 9.59 Å². The zero-order valence-electron chi connectivity index (χ0n) is 11.9. The Morgan fingerprint density at radius 1 is 1.05 bits per heavy atom. The number of benzene rings is 1. The molecule has 118 valence electrons. The summed E-state index contributed by atoms with van der Waals surface area (Å²) in [6.45, 7) is 0.371. The number of hydrogen-bond donors (Lipinski definition) is 1. The Balaban J connectivity index is 1.64. The summed E-state index contributed by atoms with van der Waals surface area (Å²) in [4.78, 5) is 23.4. The molecule has 4 atom stereocenters. The molecule has 2 fully saturated rings. The fourth-order valence-electron chi connectivity index (χ4n) is 2.61. The highest BCUT2D eigenvalue weighted by molar-refractivity contribution is 5.93. The largest absolute Gasteiger partial charge is 0.465 e. The lowest BCUT2D eigenvalue weighted by atomic mass is 10.1. The van der Waals surface area contributed by atoms with Crippen molar-refractivity contribution < 1.29 is 33.6 Å². The number of hydrogen-bond acceptors (Lipinski definition) is 7. The minimum atomic E-state index is -0.687. The van der Waals surface area contributed by atoms with Crippen LogP contribution in [0.1, 0.15) is 20.7 Å². The second-order valence-electron chi connectivity index (χ2n) is 5.18. The fraction of sp³-hybridized carbons (Fsp3) is 0.467. The monoisotopic (exact) mass is 308 g/mol. The number of ether oxygens (including phenoxy) is 4. The molecule has 0 saturated carbocycles. The summed E-state index contributed by atoms with van der Waals surface area (Å²) in [6.07, 6.45) is -2.12. The predicted molar refractivity (Wildman–Crippen MR) is 72.5 cm³/mol. The van der Waals surface area contributed by atoms with Crippen molar-refractivity contribution in [2.45, 2.75) is 24.4 Å². The topological polar surface area (TPSA) is 91.3 Å². The summed E-state index contributed by atoms with van der Waals surface area (Å²) in [7, 11) is 1.29. The van der Waals surface area contributed by atoms with Crippen LogP contribution in [0, 0.1) is 0 Å². The quantitative estimate of drug-likeness (QED) is 0.795. The first-order chi connectivity index (χ1) is 10.6. The van der Waals surface area contributed by atoms with Crippen molar-refractivity contribution >= 4 is 11.9 Å². The number of carbonyl (C=O) groups is 2. The molecular formula is C15H16O7. The van der Waals surface area contributed by atoms with Crippen molar-refractivity contribution in [1.29, 1.82) is 0 Å². The van der Waals surface area contributed by atoms with Gasteiger partial charge >= 0.3 is 11.9 Å². The number of aliphatic hydroxyl groups is 1. The lowest BCUT2D eigenvalue weighted by molar-refractivity contribution is -0.0209. The van der Waals surface area contributed by atoms with E-state index in [2.05, 4.69) is 4.74 Å². The normalized spacial score (nSPS) is 29.9. The Hall–Kier alpha value is -1.96. The van der Waals surface area contributed by atoms with E-state index in [1.165, 1.54) is 31.4 Å². The van der Waals surface area contributed by atoms with Gasteiger partial charge in [0.25, 0.3) is 0 Å². The van der Waals surface area contributed by atoms with Crippen LogP contribution < -0.4 is 0 Å². The molecule has 22 heavy (non-hydrogen) atoms. The van der Waals surface area contributed by atoms with Crippen molar-refractivity contribution in [3.8, 4) is 0 Å². The number of rotatable bonds is 3. The molecule has 3 rings (SSSR count). The van der Waals surface area contributed by atoms with Crippen molar-refractivity contribution in [2.24, 2.45) is 0 Å². The Kier molecular flexibility index (Phi) is 4.10. The van der Waals surface area contributed by atoms with Crippen LogP contribution in [0.3, 0.4) is 0 Å². The summed E-state index contributed by atoms with van der Waals surface area (Å²) in [5.74, 6) is -1.00. The number of methoxy groups -OCH3 is 1. The molecule has 1 N–H and O–H groups in total. The predicted octanol–water partition coefficient (Wildman–Crippen LogP) is 0.157. The molecule has 1 aromatic carbocycles. The van der Waals surface area contributed by atoms with Gasteiger partial charge in [-0.15, -0.1) is 0 Å². The number of fused-ring (bicyclic) bond motifs is 1. The highest BCUT2D eigenvalue weighted by Gasteiger charge is 2.48.